The van der Waals surface area contributed by atoms with Gasteiger partial charge in [-0.2, -0.15) is 0 Å². The minimum atomic E-state index is -0.463. The molecule has 0 aromatic heterocycles. The van der Waals surface area contributed by atoms with Gasteiger partial charge in [0, 0.05) is 5.56 Å². The SMILES string of the molecule is Cc1ccc(O)c(C(=O)NCC(=O)c2ccccc2)c1. The highest BCUT2D eigenvalue weighted by atomic mass is 16.3. The molecule has 102 valence electrons. The van der Waals surface area contributed by atoms with E-state index in [0.29, 0.717) is 5.56 Å². The zero-order valence-electron chi connectivity index (χ0n) is 11.1. The Hall–Kier alpha value is -2.62. The van der Waals surface area contributed by atoms with Gasteiger partial charge in [-0.1, -0.05) is 42.0 Å². The van der Waals surface area contributed by atoms with Crippen LogP contribution in [0.15, 0.2) is 48.5 Å². The number of Topliss-reactive ketones (excluding diaryl/α,β-unsaturated/α-hetero) is 1. The zero-order chi connectivity index (χ0) is 14.5. The summed E-state index contributed by atoms with van der Waals surface area (Å²) in [6, 6.07) is 13.5. The Kier molecular flexibility index (Phi) is 4.15. The molecule has 0 heterocycles. The van der Waals surface area contributed by atoms with Crippen LogP contribution in [0.4, 0.5) is 0 Å². The molecule has 0 bridgehead atoms. The topological polar surface area (TPSA) is 66.4 Å². The normalized spacial score (nSPS) is 10.1. The van der Waals surface area contributed by atoms with Crippen LogP contribution in [0.1, 0.15) is 26.3 Å². The average molecular weight is 269 g/mol. The second-order valence-corrected chi connectivity index (χ2v) is 4.49. The lowest BCUT2D eigenvalue weighted by atomic mass is 10.1. The summed E-state index contributed by atoms with van der Waals surface area (Å²) in [6.45, 7) is 1.72. The molecule has 0 unspecified atom stereocenters. The van der Waals surface area contributed by atoms with Crippen molar-refractivity contribution in [3.63, 3.8) is 0 Å². The van der Waals surface area contributed by atoms with Gasteiger partial charge in [-0.25, -0.2) is 0 Å². The number of carbonyl (C=O) groups excluding carboxylic acids is 2. The largest absolute Gasteiger partial charge is 0.507 e. The molecule has 2 aromatic carbocycles. The summed E-state index contributed by atoms with van der Waals surface area (Å²) < 4.78 is 0. The van der Waals surface area contributed by atoms with E-state index in [2.05, 4.69) is 5.32 Å². The number of hydrogen-bond donors (Lipinski definition) is 2. The molecule has 1 amide bonds. The molecule has 2 aromatic rings. The van der Waals surface area contributed by atoms with Gasteiger partial charge in [-0.3, -0.25) is 9.59 Å². The number of aryl methyl sites for hydroxylation is 1. The maximum Gasteiger partial charge on any atom is 0.255 e. The predicted molar refractivity (Wildman–Crippen MR) is 75.9 cm³/mol. The molecule has 2 rings (SSSR count). The van der Waals surface area contributed by atoms with Crippen molar-refractivity contribution in [2.75, 3.05) is 6.54 Å². The van der Waals surface area contributed by atoms with Gasteiger partial charge >= 0.3 is 0 Å². The Morgan fingerprint density at radius 1 is 1.10 bits per heavy atom. The molecule has 0 saturated heterocycles. The van der Waals surface area contributed by atoms with E-state index in [9.17, 15) is 14.7 Å². The predicted octanol–water partition coefficient (Wildman–Crippen LogP) is 2.31. The zero-order valence-corrected chi connectivity index (χ0v) is 11.1. The van der Waals surface area contributed by atoms with Gasteiger partial charge in [-0.15, -0.1) is 0 Å². The summed E-state index contributed by atoms with van der Waals surface area (Å²) in [5, 5.41) is 12.2. The van der Waals surface area contributed by atoms with E-state index in [1.807, 2.05) is 13.0 Å². The molecule has 0 saturated carbocycles. The van der Waals surface area contributed by atoms with Crippen molar-refractivity contribution in [1.29, 1.82) is 0 Å². The van der Waals surface area contributed by atoms with Crippen molar-refractivity contribution < 1.29 is 14.7 Å². The molecule has 0 fully saturated rings. The van der Waals surface area contributed by atoms with E-state index in [4.69, 9.17) is 0 Å². The van der Waals surface area contributed by atoms with Crippen LogP contribution in [0.5, 0.6) is 5.75 Å². The van der Waals surface area contributed by atoms with Gasteiger partial charge in [0.1, 0.15) is 5.75 Å². The number of hydrogen-bond acceptors (Lipinski definition) is 3. The highest BCUT2D eigenvalue weighted by Gasteiger charge is 2.13. The Labute approximate surface area is 117 Å². The van der Waals surface area contributed by atoms with Crippen molar-refractivity contribution in [3.8, 4) is 5.75 Å². The van der Waals surface area contributed by atoms with Gasteiger partial charge in [0.05, 0.1) is 12.1 Å². The number of benzene rings is 2. The third kappa shape index (κ3) is 3.23. The fraction of sp³-hybridized carbons (Fsp3) is 0.125. The molecular formula is C16H15NO3. The second-order valence-electron chi connectivity index (χ2n) is 4.49. The van der Waals surface area contributed by atoms with Crippen LogP contribution in [0.3, 0.4) is 0 Å². The molecule has 0 radical (unpaired) electrons. The smallest absolute Gasteiger partial charge is 0.255 e. The average Bonchev–Trinajstić information content (AvgIpc) is 2.47. The minimum absolute atomic E-state index is 0.0970. The first-order chi connectivity index (χ1) is 9.58. The van der Waals surface area contributed by atoms with Crippen LogP contribution >= 0.6 is 0 Å². The highest BCUT2D eigenvalue weighted by Crippen LogP contribution is 2.17. The van der Waals surface area contributed by atoms with Crippen LogP contribution < -0.4 is 5.32 Å². The molecule has 0 aliphatic carbocycles. The number of rotatable bonds is 4. The molecule has 4 heteroatoms. The van der Waals surface area contributed by atoms with Gasteiger partial charge in [0.25, 0.3) is 5.91 Å². The van der Waals surface area contributed by atoms with E-state index in [1.54, 1.807) is 36.4 Å². The standard InChI is InChI=1S/C16H15NO3/c1-11-7-8-14(18)13(9-11)16(20)17-10-15(19)12-5-3-2-4-6-12/h2-9,18H,10H2,1H3,(H,17,20). The molecule has 0 aliphatic rings. The number of aromatic hydroxyl groups is 1. The van der Waals surface area contributed by atoms with Crippen molar-refractivity contribution in [1.82, 2.24) is 5.32 Å². The maximum absolute atomic E-state index is 11.9. The van der Waals surface area contributed by atoms with Crippen LogP contribution in [0.2, 0.25) is 0 Å². The van der Waals surface area contributed by atoms with E-state index >= 15 is 0 Å². The third-order valence-corrected chi connectivity index (χ3v) is 2.90. The molecule has 0 spiro atoms. The Morgan fingerprint density at radius 2 is 1.80 bits per heavy atom. The molecule has 2 N–H and O–H groups in total. The first kappa shape index (κ1) is 13.8. The first-order valence-corrected chi connectivity index (χ1v) is 6.24. The number of amides is 1. The van der Waals surface area contributed by atoms with E-state index in [-0.39, 0.29) is 23.6 Å². The number of carbonyl (C=O) groups is 2. The van der Waals surface area contributed by atoms with E-state index in [1.165, 1.54) is 6.07 Å². The van der Waals surface area contributed by atoms with Crippen molar-refractivity contribution in [2.24, 2.45) is 0 Å². The monoisotopic (exact) mass is 269 g/mol. The Balaban J connectivity index is 2.02. The molecule has 4 nitrogen and oxygen atoms in total. The molecule has 20 heavy (non-hydrogen) atoms. The van der Waals surface area contributed by atoms with Gasteiger partial charge in [0.15, 0.2) is 5.78 Å². The van der Waals surface area contributed by atoms with Crippen LogP contribution in [-0.2, 0) is 0 Å². The van der Waals surface area contributed by atoms with Crippen LogP contribution in [0, 0.1) is 6.92 Å². The molecule has 0 atom stereocenters. The summed E-state index contributed by atoms with van der Waals surface area (Å²) in [5.41, 5.74) is 1.58. The summed E-state index contributed by atoms with van der Waals surface area (Å²) in [7, 11) is 0. The van der Waals surface area contributed by atoms with Crippen molar-refractivity contribution in [3.05, 3.63) is 65.2 Å². The van der Waals surface area contributed by atoms with Gasteiger partial charge < -0.3 is 10.4 Å². The highest BCUT2D eigenvalue weighted by molar-refractivity contribution is 6.03. The van der Waals surface area contributed by atoms with Crippen molar-refractivity contribution >= 4 is 11.7 Å². The van der Waals surface area contributed by atoms with E-state index < -0.39 is 5.91 Å². The molecule has 0 aliphatic heterocycles. The second kappa shape index (κ2) is 6.02. The molecular weight excluding hydrogens is 254 g/mol. The number of phenolic OH excluding ortho intramolecular Hbond substituents is 1. The number of ketones is 1. The number of phenols is 1. The summed E-state index contributed by atoms with van der Waals surface area (Å²) in [4.78, 5) is 23.8. The Bertz CT molecular complexity index is 635. The van der Waals surface area contributed by atoms with Crippen LogP contribution in [0.25, 0.3) is 0 Å². The lowest BCUT2D eigenvalue weighted by Crippen LogP contribution is -2.29. The summed E-state index contributed by atoms with van der Waals surface area (Å²) >= 11 is 0. The number of nitrogens with one attached hydrogen (secondary N) is 1. The quantitative estimate of drug-likeness (QED) is 0.837. The van der Waals surface area contributed by atoms with E-state index in [0.717, 1.165) is 5.56 Å². The lowest BCUT2D eigenvalue weighted by Gasteiger charge is -2.07. The summed E-state index contributed by atoms with van der Waals surface area (Å²) in [5.74, 6) is -0.734. The Morgan fingerprint density at radius 3 is 2.50 bits per heavy atom. The fourth-order valence-corrected chi connectivity index (χ4v) is 1.81. The van der Waals surface area contributed by atoms with Crippen LogP contribution in [-0.4, -0.2) is 23.3 Å². The fourth-order valence-electron chi connectivity index (χ4n) is 1.81. The maximum atomic E-state index is 11.9. The summed E-state index contributed by atoms with van der Waals surface area (Å²) in [6.07, 6.45) is 0. The van der Waals surface area contributed by atoms with Gasteiger partial charge in [0.2, 0.25) is 0 Å². The first-order valence-electron chi connectivity index (χ1n) is 6.24. The minimum Gasteiger partial charge on any atom is -0.507 e. The van der Waals surface area contributed by atoms with Gasteiger partial charge in [-0.05, 0) is 19.1 Å². The third-order valence-electron chi connectivity index (χ3n) is 2.90. The lowest BCUT2D eigenvalue weighted by molar-refractivity contribution is 0.0902. The van der Waals surface area contributed by atoms with Crippen molar-refractivity contribution in [2.45, 2.75) is 6.92 Å².